The molecule has 0 saturated heterocycles. The number of unbranched alkanes of at least 4 members (excludes halogenated alkanes) is 1. The number of benzene rings is 1. The highest BCUT2D eigenvalue weighted by Gasteiger charge is 2.26. The lowest BCUT2D eigenvalue weighted by atomic mass is 10.0. The van der Waals surface area contributed by atoms with Gasteiger partial charge in [0.25, 0.3) is 0 Å². The molecule has 122 valence electrons. The number of anilines is 1. The zero-order valence-corrected chi connectivity index (χ0v) is 14.1. The molecule has 0 atom stereocenters. The van der Waals surface area contributed by atoms with Gasteiger partial charge >= 0.3 is 0 Å². The summed E-state index contributed by atoms with van der Waals surface area (Å²) in [5, 5.41) is 0. The minimum atomic E-state index is -3.36. The Kier molecular flexibility index (Phi) is 5.58. The number of sulfonamides is 1. The van der Waals surface area contributed by atoms with Crippen LogP contribution in [0.5, 0.6) is 0 Å². The second-order valence-electron chi connectivity index (χ2n) is 5.73. The van der Waals surface area contributed by atoms with E-state index >= 15 is 0 Å². The van der Waals surface area contributed by atoms with Gasteiger partial charge in [0.2, 0.25) is 15.9 Å². The number of aryl methyl sites for hydroxylation is 1. The van der Waals surface area contributed by atoms with Crippen LogP contribution in [-0.4, -0.2) is 44.5 Å². The Morgan fingerprint density at radius 1 is 1.32 bits per heavy atom. The summed E-state index contributed by atoms with van der Waals surface area (Å²) in [6.45, 7) is 2.98. The molecule has 6 heteroatoms. The van der Waals surface area contributed by atoms with E-state index in [1.165, 1.54) is 10.6 Å². The van der Waals surface area contributed by atoms with Gasteiger partial charge in [-0.2, -0.15) is 4.31 Å². The molecule has 0 aliphatic carbocycles. The number of rotatable bonds is 6. The van der Waals surface area contributed by atoms with Crippen LogP contribution in [0.15, 0.2) is 24.3 Å². The largest absolute Gasteiger partial charge is 0.311 e. The lowest BCUT2D eigenvalue weighted by Crippen LogP contribution is -2.44. The van der Waals surface area contributed by atoms with Crippen molar-refractivity contribution in [3.63, 3.8) is 0 Å². The van der Waals surface area contributed by atoms with Gasteiger partial charge in [-0.25, -0.2) is 8.42 Å². The molecule has 0 bridgehead atoms. The maximum absolute atomic E-state index is 12.6. The molecule has 1 aromatic rings. The summed E-state index contributed by atoms with van der Waals surface area (Å²) in [7, 11) is -3.36. The van der Waals surface area contributed by atoms with Crippen LogP contribution < -0.4 is 4.90 Å². The average Bonchev–Trinajstić information content (AvgIpc) is 2.49. The van der Waals surface area contributed by atoms with Crippen LogP contribution in [0.1, 0.15) is 31.7 Å². The van der Waals surface area contributed by atoms with Crippen molar-refractivity contribution in [2.75, 3.05) is 30.8 Å². The quantitative estimate of drug-likeness (QED) is 0.804. The van der Waals surface area contributed by atoms with E-state index in [1.54, 1.807) is 4.90 Å². The van der Waals surface area contributed by atoms with E-state index in [-0.39, 0.29) is 12.5 Å². The molecular weight excluding hydrogens is 300 g/mol. The summed E-state index contributed by atoms with van der Waals surface area (Å²) in [4.78, 5) is 14.3. The van der Waals surface area contributed by atoms with Gasteiger partial charge in [-0.3, -0.25) is 4.79 Å². The highest BCUT2D eigenvalue weighted by Crippen LogP contribution is 2.26. The molecule has 1 amide bonds. The average molecular weight is 324 g/mol. The maximum Gasteiger partial charge on any atom is 0.242 e. The fourth-order valence-corrected chi connectivity index (χ4v) is 3.53. The Hall–Kier alpha value is -1.40. The van der Waals surface area contributed by atoms with Crippen LogP contribution in [0.4, 0.5) is 5.69 Å². The van der Waals surface area contributed by atoms with E-state index in [0.717, 1.165) is 36.9 Å². The van der Waals surface area contributed by atoms with Gasteiger partial charge in [-0.05, 0) is 30.9 Å². The van der Waals surface area contributed by atoms with Gasteiger partial charge in [0, 0.05) is 18.8 Å². The molecule has 0 radical (unpaired) electrons. The number of hydrogen-bond acceptors (Lipinski definition) is 3. The molecule has 1 aliphatic rings. The van der Waals surface area contributed by atoms with E-state index in [0.29, 0.717) is 13.1 Å². The molecule has 0 fully saturated rings. The van der Waals surface area contributed by atoms with Gasteiger partial charge < -0.3 is 4.90 Å². The lowest BCUT2D eigenvalue weighted by molar-refractivity contribution is -0.118. The van der Waals surface area contributed by atoms with E-state index in [4.69, 9.17) is 0 Å². The normalized spacial score (nSPS) is 15.0. The lowest BCUT2D eigenvalue weighted by Gasteiger charge is -2.31. The Balaban J connectivity index is 2.14. The molecule has 0 aromatic heterocycles. The van der Waals surface area contributed by atoms with Crippen LogP contribution in [0, 0.1) is 0 Å². The third kappa shape index (κ3) is 4.08. The van der Waals surface area contributed by atoms with Crippen LogP contribution >= 0.6 is 0 Å². The third-order valence-electron chi connectivity index (χ3n) is 3.95. The van der Waals surface area contributed by atoms with Crippen LogP contribution in [0.3, 0.4) is 0 Å². The maximum atomic E-state index is 12.6. The predicted molar refractivity (Wildman–Crippen MR) is 88.4 cm³/mol. The van der Waals surface area contributed by atoms with Crippen molar-refractivity contribution in [3.8, 4) is 0 Å². The number of nitrogens with zero attached hydrogens (tertiary/aromatic N) is 2. The zero-order valence-electron chi connectivity index (χ0n) is 13.3. The summed E-state index contributed by atoms with van der Waals surface area (Å²) in [6.07, 6.45) is 4.70. The van der Waals surface area contributed by atoms with Crippen LogP contribution in [0.2, 0.25) is 0 Å². The Morgan fingerprint density at radius 3 is 2.73 bits per heavy atom. The highest BCUT2D eigenvalue weighted by molar-refractivity contribution is 7.88. The van der Waals surface area contributed by atoms with E-state index in [9.17, 15) is 13.2 Å². The van der Waals surface area contributed by atoms with Gasteiger partial charge in [0.15, 0.2) is 0 Å². The Labute approximate surface area is 133 Å². The fourth-order valence-electron chi connectivity index (χ4n) is 2.73. The first-order valence-corrected chi connectivity index (χ1v) is 9.61. The van der Waals surface area contributed by atoms with Gasteiger partial charge in [0.1, 0.15) is 0 Å². The zero-order chi connectivity index (χ0) is 16.2. The van der Waals surface area contributed by atoms with Crippen molar-refractivity contribution >= 4 is 21.6 Å². The highest BCUT2D eigenvalue weighted by atomic mass is 32.2. The molecule has 2 rings (SSSR count). The fraction of sp³-hybridized carbons (Fsp3) is 0.562. The molecule has 1 aromatic carbocycles. The van der Waals surface area contributed by atoms with Crippen molar-refractivity contribution in [1.82, 2.24) is 4.31 Å². The van der Waals surface area contributed by atoms with Crippen molar-refractivity contribution in [3.05, 3.63) is 29.8 Å². The number of amides is 1. The van der Waals surface area contributed by atoms with Crippen molar-refractivity contribution in [2.24, 2.45) is 0 Å². The monoisotopic (exact) mass is 324 g/mol. The van der Waals surface area contributed by atoms with Gasteiger partial charge in [-0.15, -0.1) is 0 Å². The first-order chi connectivity index (χ1) is 10.4. The number of hydrogen-bond donors (Lipinski definition) is 0. The molecule has 5 nitrogen and oxygen atoms in total. The second kappa shape index (κ2) is 7.24. The third-order valence-corrected chi connectivity index (χ3v) is 5.20. The van der Waals surface area contributed by atoms with Crippen LogP contribution in [-0.2, 0) is 21.2 Å². The molecule has 0 unspecified atom stereocenters. The minimum absolute atomic E-state index is 0.0762. The SMILES string of the molecule is CCCCN(CC(=O)N1CCCc2ccccc21)S(C)(=O)=O. The smallest absolute Gasteiger partial charge is 0.242 e. The summed E-state index contributed by atoms with van der Waals surface area (Å²) < 4.78 is 25.0. The standard InChI is InChI=1S/C16H24N2O3S/c1-3-4-11-17(22(2,20)21)13-16(19)18-12-7-9-14-8-5-6-10-15(14)18/h5-6,8,10H,3-4,7,9,11-13H2,1-2H3. The number of para-hydroxylation sites is 1. The first kappa shape index (κ1) is 17.0. The van der Waals surface area contributed by atoms with Crippen molar-refractivity contribution in [2.45, 2.75) is 32.6 Å². The molecule has 0 spiro atoms. The van der Waals surface area contributed by atoms with Crippen LogP contribution in [0.25, 0.3) is 0 Å². The van der Waals surface area contributed by atoms with Crippen molar-refractivity contribution < 1.29 is 13.2 Å². The Bertz CT molecular complexity index is 628. The molecule has 0 saturated carbocycles. The summed E-state index contributed by atoms with van der Waals surface area (Å²) in [5.74, 6) is -0.145. The molecular formula is C16H24N2O3S. The number of carbonyl (C=O) groups is 1. The summed E-state index contributed by atoms with van der Waals surface area (Å²) >= 11 is 0. The van der Waals surface area contributed by atoms with Crippen molar-refractivity contribution in [1.29, 1.82) is 0 Å². The number of fused-ring (bicyclic) bond motifs is 1. The van der Waals surface area contributed by atoms with Gasteiger partial charge in [0.05, 0.1) is 12.8 Å². The Morgan fingerprint density at radius 2 is 2.05 bits per heavy atom. The molecule has 0 N–H and O–H groups in total. The van der Waals surface area contributed by atoms with E-state index in [1.807, 2.05) is 31.2 Å². The van der Waals surface area contributed by atoms with E-state index in [2.05, 4.69) is 0 Å². The minimum Gasteiger partial charge on any atom is -0.311 e. The number of carbonyl (C=O) groups excluding carboxylic acids is 1. The van der Waals surface area contributed by atoms with Gasteiger partial charge in [-0.1, -0.05) is 31.5 Å². The molecule has 22 heavy (non-hydrogen) atoms. The molecule has 1 heterocycles. The summed E-state index contributed by atoms with van der Waals surface area (Å²) in [5.41, 5.74) is 2.07. The topological polar surface area (TPSA) is 57.7 Å². The molecule has 1 aliphatic heterocycles. The summed E-state index contributed by atoms with van der Waals surface area (Å²) in [6, 6.07) is 7.84. The second-order valence-corrected chi connectivity index (χ2v) is 7.71. The van der Waals surface area contributed by atoms with E-state index < -0.39 is 10.0 Å². The first-order valence-electron chi connectivity index (χ1n) is 7.77. The predicted octanol–water partition coefficient (Wildman–Crippen LogP) is 2.03.